The molecule has 0 radical (unpaired) electrons. The monoisotopic (exact) mass is 342 g/mol. The van der Waals surface area contributed by atoms with Gasteiger partial charge in [-0.05, 0) is 12.1 Å². The number of carbonyl (C=O) groups is 2. The first-order chi connectivity index (χ1) is 12.0. The standard InChI is InChI=1S/C19H22N2O4/c1-12(2)18(22)20-14-10-17(25-4)15(11-16(14)24-3)21-19(23)13-8-6-5-7-9-13/h5-12H,1-4H3,(H,20,22)(H,21,23). The number of amides is 2. The number of nitrogens with one attached hydrogen (secondary N) is 2. The fourth-order valence-electron chi connectivity index (χ4n) is 2.15. The van der Waals surface area contributed by atoms with Crippen molar-refractivity contribution < 1.29 is 19.1 Å². The fraction of sp³-hybridized carbons (Fsp3) is 0.263. The topological polar surface area (TPSA) is 76.7 Å². The molecule has 0 atom stereocenters. The minimum Gasteiger partial charge on any atom is -0.494 e. The van der Waals surface area contributed by atoms with Gasteiger partial charge in [0.2, 0.25) is 5.91 Å². The van der Waals surface area contributed by atoms with Gasteiger partial charge < -0.3 is 20.1 Å². The zero-order valence-electron chi connectivity index (χ0n) is 14.8. The van der Waals surface area contributed by atoms with Crippen LogP contribution in [0.5, 0.6) is 11.5 Å². The summed E-state index contributed by atoms with van der Waals surface area (Å²) < 4.78 is 10.7. The van der Waals surface area contributed by atoms with Crippen molar-refractivity contribution in [1.82, 2.24) is 0 Å². The van der Waals surface area contributed by atoms with Gasteiger partial charge in [-0.25, -0.2) is 0 Å². The van der Waals surface area contributed by atoms with Crippen molar-refractivity contribution >= 4 is 23.2 Å². The molecule has 25 heavy (non-hydrogen) atoms. The fourth-order valence-corrected chi connectivity index (χ4v) is 2.15. The maximum Gasteiger partial charge on any atom is 0.255 e. The molecule has 6 heteroatoms. The summed E-state index contributed by atoms with van der Waals surface area (Å²) in [5, 5.41) is 5.59. The zero-order valence-corrected chi connectivity index (χ0v) is 14.8. The minimum atomic E-state index is -0.264. The van der Waals surface area contributed by atoms with Crippen LogP contribution in [0.25, 0.3) is 0 Å². The summed E-state index contributed by atoms with van der Waals surface area (Å²) in [6.07, 6.45) is 0. The molecule has 2 amide bonds. The van der Waals surface area contributed by atoms with Gasteiger partial charge in [-0.2, -0.15) is 0 Å². The molecule has 0 aliphatic heterocycles. The molecule has 0 fully saturated rings. The van der Waals surface area contributed by atoms with Crippen molar-refractivity contribution in [1.29, 1.82) is 0 Å². The van der Waals surface area contributed by atoms with Crippen LogP contribution in [0, 0.1) is 5.92 Å². The molecule has 2 aromatic rings. The molecule has 132 valence electrons. The number of anilines is 2. The molecule has 0 bridgehead atoms. The van der Waals surface area contributed by atoms with Crippen LogP contribution in [0.3, 0.4) is 0 Å². The highest BCUT2D eigenvalue weighted by atomic mass is 16.5. The van der Waals surface area contributed by atoms with E-state index >= 15 is 0 Å². The first-order valence-electron chi connectivity index (χ1n) is 7.89. The molecule has 2 aromatic carbocycles. The smallest absolute Gasteiger partial charge is 0.255 e. The second-order valence-corrected chi connectivity index (χ2v) is 5.72. The second kappa shape index (κ2) is 8.19. The molecule has 0 heterocycles. The summed E-state index contributed by atoms with van der Waals surface area (Å²) in [4.78, 5) is 24.3. The average molecular weight is 342 g/mol. The van der Waals surface area contributed by atoms with Crippen LogP contribution in [0.4, 0.5) is 11.4 Å². The van der Waals surface area contributed by atoms with E-state index in [4.69, 9.17) is 9.47 Å². The lowest BCUT2D eigenvalue weighted by molar-refractivity contribution is -0.118. The van der Waals surface area contributed by atoms with Crippen LogP contribution >= 0.6 is 0 Å². The third-order valence-electron chi connectivity index (χ3n) is 3.59. The molecule has 6 nitrogen and oxygen atoms in total. The highest BCUT2D eigenvalue weighted by molar-refractivity contribution is 6.05. The molecule has 0 aliphatic carbocycles. The van der Waals surface area contributed by atoms with Gasteiger partial charge >= 0.3 is 0 Å². The molecule has 0 aromatic heterocycles. The van der Waals surface area contributed by atoms with Crippen LogP contribution < -0.4 is 20.1 Å². The maximum atomic E-state index is 12.4. The Morgan fingerprint density at radius 2 is 1.40 bits per heavy atom. The molecule has 2 rings (SSSR count). The summed E-state index contributed by atoms with van der Waals surface area (Å²) >= 11 is 0. The third-order valence-corrected chi connectivity index (χ3v) is 3.59. The normalized spacial score (nSPS) is 10.3. The van der Waals surface area contributed by atoms with Crippen LogP contribution in [-0.2, 0) is 4.79 Å². The molecule has 2 N–H and O–H groups in total. The van der Waals surface area contributed by atoms with E-state index in [9.17, 15) is 9.59 Å². The number of hydrogen-bond acceptors (Lipinski definition) is 4. The molecular weight excluding hydrogens is 320 g/mol. The van der Waals surface area contributed by atoms with Gasteiger partial charge in [-0.3, -0.25) is 9.59 Å². The Morgan fingerprint density at radius 1 is 0.880 bits per heavy atom. The highest BCUT2D eigenvalue weighted by Gasteiger charge is 2.17. The van der Waals surface area contributed by atoms with E-state index in [0.29, 0.717) is 28.4 Å². The molecular formula is C19H22N2O4. The van der Waals surface area contributed by atoms with E-state index < -0.39 is 0 Å². The first-order valence-corrected chi connectivity index (χ1v) is 7.89. The number of rotatable bonds is 6. The molecule has 0 saturated carbocycles. The number of methoxy groups -OCH3 is 2. The van der Waals surface area contributed by atoms with E-state index in [0.717, 1.165) is 0 Å². The predicted molar refractivity (Wildman–Crippen MR) is 97.4 cm³/mol. The van der Waals surface area contributed by atoms with Gasteiger partial charge in [-0.15, -0.1) is 0 Å². The van der Waals surface area contributed by atoms with Crippen molar-refractivity contribution in [3.05, 3.63) is 48.0 Å². The zero-order chi connectivity index (χ0) is 18.4. The van der Waals surface area contributed by atoms with Crippen molar-refractivity contribution in [3.8, 4) is 11.5 Å². The number of hydrogen-bond donors (Lipinski definition) is 2. The predicted octanol–water partition coefficient (Wildman–Crippen LogP) is 3.55. The van der Waals surface area contributed by atoms with Crippen molar-refractivity contribution in [2.24, 2.45) is 5.92 Å². The average Bonchev–Trinajstić information content (AvgIpc) is 2.62. The van der Waals surface area contributed by atoms with Gasteiger partial charge in [-0.1, -0.05) is 32.0 Å². The highest BCUT2D eigenvalue weighted by Crippen LogP contribution is 2.36. The Kier molecular flexibility index (Phi) is 6.00. The number of carbonyl (C=O) groups excluding carboxylic acids is 2. The summed E-state index contributed by atoms with van der Waals surface area (Å²) in [6, 6.07) is 12.1. The van der Waals surface area contributed by atoms with Crippen LogP contribution in [0.2, 0.25) is 0 Å². The van der Waals surface area contributed by atoms with Crippen LogP contribution in [0.1, 0.15) is 24.2 Å². The number of ether oxygens (including phenoxy) is 2. The lowest BCUT2D eigenvalue weighted by Gasteiger charge is -2.17. The van der Waals surface area contributed by atoms with Crippen molar-refractivity contribution in [3.63, 3.8) is 0 Å². The second-order valence-electron chi connectivity index (χ2n) is 5.72. The van der Waals surface area contributed by atoms with E-state index in [2.05, 4.69) is 10.6 Å². The quantitative estimate of drug-likeness (QED) is 0.842. The summed E-state index contributed by atoms with van der Waals surface area (Å²) in [6.45, 7) is 3.60. The Bertz CT molecular complexity index is 758. The molecule has 0 unspecified atom stereocenters. The minimum absolute atomic E-state index is 0.138. The van der Waals surface area contributed by atoms with E-state index in [1.807, 2.05) is 6.07 Å². The maximum absolute atomic E-state index is 12.4. The first kappa shape index (κ1) is 18.3. The largest absolute Gasteiger partial charge is 0.494 e. The van der Waals surface area contributed by atoms with Gasteiger partial charge in [0.1, 0.15) is 11.5 Å². The van der Waals surface area contributed by atoms with Gasteiger partial charge in [0.15, 0.2) is 0 Å². The Balaban J connectivity index is 2.32. The summed E-state index contributed by atoms with van der Waals surface area (Å²) in [5.41, 5.74) is 1.47. The van der Waals surface area contributed by atoms with Crippen LogP contribution in [0.15, 0.2) is 42.5 Å². The lowest BCUT2D eigenvalue weighted by atomic mass is 10.1. The molecule has 0 spiro atoms. The Morgan fingerprint density at radius 3 is 1.88 bits per heavy atom. The van der Waals surface area contributed by atoms with E-state index in [-0.39, 0.29) is 17.7 Å². The lowest BCUT2D eigenvalue weighted by Crippen LogP contribution is -2.18. The van der Waals surface area contributed by atoms with Gasteiger partial charge in [0.05, 0.1) is 25.6 Å². The Hall–Kier alpha value is -3.02. The van der Waals surface area contributed by atoms with E-state index in [1.165, 1.54) is 14.2 Å². The van der Waals surface area contributed by atoms with Gasteiger partial charge in [0.25, 0.3) is 5.91 Å². The molecule has 0 saturated heterocycles. The van der Waals surface area contributed by atoms with Gasteiger partial charge in [0, 0.05) is 23.6 Å². The molecule has 0 aliphatic rings. The van der Waals surface area contributed by atoms with Crippen LogP contribution in [-0.4, -0.2) is 26.0 Å². The number of benzene rings is 2. The Labute approximate surface area is 147 Å². The summed E-state index contributed by atoms with van der Waals surface area (Å²) in [5.74, 6) is 0.275. The third kappa shape index (κ3) is 4.50. The van der Waals surface area contributed by atoms with Crippen molar-refractivity contribution in [2.45, 2.75) is 13.8 Å². The van der Waals surface area contributed by atoms with Crippen molar-refractivity contribution in [2.75, 3.05) is 24.9 Å². The summed E-state index contributed by atoms with van der Waals surface area (Å²) in [7, 11) is 2.99. The SMILES string of the molecule is COc1cc(NC(=O)C(C)C)c(OC)cc1NC(=O)c1ccccc1. The van der Waals surface area contributed by atoms with E-state index in [1.54, 1.807) is 50.2 Å².